The predicted octanol–water partition coefficient (Wildman–Crippen LogP) is 1.66. The first-order valence-corrected chi connectivity index (χ1v) is 5.28. The largest absolute Gasteiger partial charge is 0.494 e. The maximum Gasteiger partial charge on any atom is 0.360 e. The zero-order valence-electron chi connectivity index (χ0n) is 10.1. The molecule has 0 radical (unpaired) electrons. The van der Waals surface area contributed by atoms with E-state index in [0.717, 1.165) is 6.07 Å². The average molecular weight is 260 g/mol. The molecule has 100 valence electrons. The molecule has 1 rings (SSSR count). The Morgan fingerprint density at radius 3 is 2.67 bits per heavy atom. The first kappa shape index (κ1) is 14.3. The number of rotatable bonds is 5. The van der Waals surface area contributed by atoms with Crippen LogP contribution in [-0.4, -0.2) is 24.7 Å². The van der Waals surface area contributed by atoms with Crippen LogP contribution in [0.5, 0.6) is 5.75 Å². The third-order valence-corrected chi connectivity index (χ3v) is 2.22. The summed E-state index contributed by atoms with van der Waals surface area (Å²) in [6.07, 6.45) is -2.74. The minimum atomic E-state index is -2.74. The van der Waals surface area contributed by atoms with E-state index in [4.69, 9.17) is 15.2 Å². The number of hydrogen-bond donors (Lipinski definition) is 1. The second kappa shape index (κ2) is 6.25. The van der Waals surface area contributed by atoms with Gasteiger partial charge in [-0.2, -0.15) is 0 Å². The summed E-state index contributed by atoms with van der Waals surface area (Å²) in [5, 5.41) is 0. The highest BCUT2D eigenvalue weighted by Gasteiger charge is 2.22. The number of carbonyl (C=O) groups excluding carboxylic acids is 1. The highest BCUT2D eigenvalue weighted by Crippen LogP contribution is 2.28. The maximum absolute atomic E-state index is 12.7. The molecule has 2 N–H and O–H groups in total. The standard InChI is InChI=1S/C11H14F2N2O3/c1-3-18-11(16)9-8(17-2)4-6(10(12)13)7(5-14)15-9/h4,10H,3,5,14H2,1-2H3. The number of esters is 1. The molecule has 0 saturated carbocycles. The van der Waals surface area contributed by atoms with Gasteiger partial charge >= 0.3 is 5.97 Å². The number of pyridine rings is 1. The van der Waals surface area contributed by atoms with Crippen LogP contribution in [0.4, 0.5) is 8.78 Å². The van der Waals surface area contributed by atoms with Crippen molar-refractivity contribution in [2.24, 2.45) is 5.73 Å². The molecule has 1 aromatic heterocycles. The van der Waals surface area contributed by atoms with Gasteiger partial charge in [-0.3, -0.25) is 0 Å². The molecule has 5 nitrogen and oxygen atoms in total. The molecule has 0 amide bonds. The van der Waals surface area contributed by atoms with E-state index in [1.54, 1.807) is 6.92 Å². The molecule has 0 spiro atoms. The first-order valence-electron chi connectivity index (χ1n) is 5.28. The second-order valence-electron chi connectivity index (χ2n) is 3.30. The van der Waals surface area contributed by atoms with Crippen molar-refractivity contribution < 1.29 is 23.0 Å². The molecule has 0 aliphatic carbocycles. The number of ether oxygens (including phenoxy) is 2. The summed E-state index contributed by atoms with van der Waals surface area (Å²) in [6.45, 7) is 1.58. The molecule has 0 bridgehead atoms. The predicted molar refractivity (Wildman–Crippen MR) is 59.6 cm³/mol. The van der Waals surface area contributed by atoms with Crippen molar-refractivity contribution in [2.75, 3.05) is 13.7 Å². The van der Waals surface area contributed by atoms with Gasteiger partial charge in [-0.15, -0.1) is 0 Å². The van der Waals surface area contributed by atoms with Gasteiger partial charge in [0.2, 0.25) is 0 Å². The molecule has 0 aromatic carbocycles. The fourth-order valence-electron chi connectivity index (χ4n) is 1.40. The maximum atomic E-state index is 12.7. The molecule has 0 saturated heterocycles. The molecule has 0 atom stereocenters. The monoisotopic (exact) mass is 260 g/mol. The fourth-order valence-corrected chi connectivity index (χ4v) is 1.40. The zero-order valence-corrected chi connectivity index (χ0v) is 10.1. The van der Waals surface area contributed by atoms with Gasteiger partial charge in [0, 0.05) is 12.1 Å². The summed E-state index contributed by atoms with van der Waals surface area (Å²) in [4.78, 5) is 15.4. The summed E-state index contributed by atoms with van der Waals surface area (Å²) in [6, 6.07) is 1.06. The number of nitrogens with zero attached hydrogens (tertiary/aromatic N) is 1. The van der Waals surface area contributed by atoms with Gasteiger partial charge in [-0.25, -0.2) is 18.6 Å². The van der Waals surface area contributed by atoms with Crippen molar-refractivity contribution in [1.82, 2.24) is 4.98 Å². The lowest BCUT2D eigenvalue weighted by molar-refractivity contribution is 0.0514. The number of alkyl halides is 2. The second-order valence-corrected chi connectivity index (χ2v) is 3.30. The van der Waals surface area contributed by atoms with Crippen molar-refractivity contribution in [2.45, 2.75) is 19.9 Å². The molecular formula is C11H14F2N2O3. The SMILES string of the molecule is CCOC(=O)c1nc(CN)c(C(F)F)cc1OC. The van der Waals surface area contributed by atoms with Crippen LogP contribution in [0, 0.1) is 0 Å². The number of nitrogens with two attached hydrogens (primary N) is 1. The molecule has 0 aliphatic heterocycles. The Morgan fingerprint density at radius 1 is 1.56 bits per heavy atom. The van der Waals surface area contributed by atoms with Gasteiger partial charge in [0.1, 0.15) is 0 Å². The van der Waals surface area contributed by atoms with Gasteiger partial charge in [0.15, 0.2) is 11.4 Å². The van der Waals surface area contributed by atoms with Gasteiger partial charge in [-0.1, -0.05) is 0 Å². The Balaban J connectivity index is 3.30. The first-order chi connectivity index (χ1) is 8.54. The topological polar surface area (TPSA) is 74.4 Å². The quantitative estimate of drug-likeness (QED) is 0.815. The lowest BCUT2D eigenvalue weighted by Crippen LogP contribution is -2.14. The highest BCUT2D eigenvalue weighted by atomic mass is 19.3. The van der Waals surface area contributed by atoms with Crippen LogP contribution in [0.25, 0.3) is 0 Å². The van der Waals surface area contributed by atoms with Crippen LogP contribution in [0.3, 0.4) is 0 Å². The van der Waals surface area contributed by atoms with Crippen LogP contribution >= 0.6 is 0 Å². The summed E-state index contributed by atoms with van der Waals surface area (Å²) < 4.78 is 35.1. The van der Waals surface area contributed by atoms with Gasteiger partial charge in [0.05, 0.1) is 19.4 Å². The Kier molecular flexibility index (Phi) is 4.96. The van der Waals surface area contributed by atoms with Crippen molar-refractivity contribution in [3.63, 3.8) is 0 Å². The summed E-state index contributed by atoms with van der Waals surface area (Å²) in [5.41, 5.74) is 4.79. The van der Waals surface area contributed by atoms with Crippen LogP contribution in [0.2, 0.25) is 0 Å². The van der Waals surface area contributed by atoms with Crippen molar-refractivity contribution in [3.05, 3.63) is 23.0 Å². The Hall–Kier alpha value is -1.76. The number of halogens is 2. The van der Waals surface area contributed by atoms with Crippen molar-refractivity contribution >= 4 is 5.97 Å². The zero-order chi connectivity index (χ0) is 13.7. The Labute approximate surface area is 103 Å². The molecule has 1 aromatic rings. The molecule has 7 heteroatoms. The van der Waals surface area contributed by atoms with Gasteiger partial charge in [0.25, 0.3) is 6.43 Å². The molecular weight excluding hydrogens is 246 g/mol. The van der Waals surface area contributed by atoms with E-state index in [9.17, 15) is 13.6 Å². The third-order valence-electron chi connectivity index (χ3n) is 2.22. The van der Waals surface area contributed by atoms with Crippen LogP contribution in [0.1, 0.15) is 35.1 Å². The highest BCUT2D eigenvalue weighted by molar-refractivity contribution is 5.90. The number of methoxy groups -OCH3 is 1. The molecule has 0 fully saturated rings. The van der Waals surface area contributed by atoms with Crippen LogP contribution in [0.15, 0.2) is 6.07 Å². The van der Waals surface area contributed by atoms with E-state index in [1.165, 1.54) is 7.11 Å². The number of aromatic nitrogens is 1. The lowest BCUT2D eigenvalue weighted by atomic mass is 10.1. The van der Waals surface area contributed by atoms with E-state index in [-0.39, 0.29) is 35.9 Å². The molecule has 18 heavy (non-hydrogen) atoms. The number of carbonyl (C=O) groups is 1. The molecule has 1 heterocycles. The van der Waals surface area contributed by atoms with Crippen molar-refractivity contribution in [3.8, 4) is 5.75 Å². The fraction of sp³-hybridized carbons (Fsp3) is 0.455. The van der Waals surface area contributed by atoms with Gasteiger partial charge in [-0.05, 0) is 13.0 Å². The average Bonchev–Trinajstić information content (AvgIpc) is 2.37. The Morgan fingerprint density at radius 2 is 2.22 bits per heavy atom. The lowest BCUT2D eigenvalue weighted by Gasteiger charge is -2.12. The minimum Gasteiger partial charge on any atom is -0.494 e. The van der Waals surface area contributed by atoms with Crippen LogP contribution < -0.4 is 10.5 Å². The summed E-state index contributed by atoms with van der Waals surface area (Å²) >= 11 is 0. The third kappa shape index (κ3) is 2.92. The van der Waals surface area contributed by atoms with E-state index in [2.05, 4.69) is 4.98 Å². The van der Waals surface area contributed by atoms with E-state index < -0.39 is 12.4 Å². The van der Waals surface area contributed by atoms with E-state index in [0.29, 0.717) is 0 Å². The molecule has 0 unspecified atom stereocenters. The normalized spacial score (nSPS) is 10.6. The van der Waals surface area contributed by atoms with Gasteiger partial charge < -0.3 is 15.2 Å². The van der Waals surface area contributed by atoms with Crippen molar-refractivity contribution in [1.29, 1.82) is 0 Å². The summed E-state index contributed by atoms with van der Waals surface area (Å²) in [5.74, 6) is -0.786. The number of hydrogen-bond acceptors (Lipinski definition) is 5. The Bertz CT molecular complexity index is 439. The summed E-state index contributed by atoms with van der Waals surface area (Å²) in [7, 11) is 1.26. The van der Waals surface area contributed by atoms with E-state index >= 15 is 0 Å². The molecule has 0 aliphatic rings. The van der Waals surface area contributed by atoms with E-state index in [1.807, 2.05) is 0 Å². The van der Waals surface area contributed by atoms with Crippen LogP contribution in [-0.2, 0) is 11.3 Å². The smallest absolute Gasteiger partial charge is 0.360 e. The minimum absolute atomic E-state index is 0.0474.